The fourth-order valence-corrected chi connectivity index (χ4v) is 3.90. The Morgan fingerprint density at radius 2 is 1.53 bits per heavy atom. The molecule has 0 spiro atoms. The van der Waals surface area contributed by atoms with Crippen LogP contribution in [-0.4, -0.2) is 46.0 Å². The highest BCUT2D eigenvalue weighted by Crippen LogP contribution is 2.37. The van der Waals surface area contributed by atoms with Gasteiger partial charge in [-0.1, -0.05) is 30.3 Å². The minimum Gasteiger partial charge on any atom is -0.494 e. The van der Waals surface area contributed by atoms with E-state index < -0.39 is 20.1 Å². The van der Waals surface area contributed by atoms with Gasteiger partial charge in [0.1, 0.15) is 5.75 Å². The van der Waals surface area contributed by atoms with Gasteiger partial charge in [0, 0.05) is 16.8 Å². The zero-order valence-electron chi connectivity index (χ0n) is 19.0. The van der Waals surface area contributed by atoms with Gasteiger partial charge in [0.15, 0.2) is 0 Å². The van der Waals surface area contributed by atoms with Crippen LogP contribution in [0.5, 0.6) is 5.75 Å². The van der Waals surface area contributed by atoms with Gasteiger partial charge >= 0.3 is 0 Å². The Morgan fingerprint density at radius 1 is 0.882 bits per heavy atom. The molecule has 0 aliphatic carbocycles. The SMILES string of the molecule is COc1cc(NS(C)(=O)=O)ccc1Nc1c2ccccc2nc2cc(C)ccc12.CS(=O)(=O)O. The Kier molecular flexibility index (Phi) is 7.29. The van der Waals surface area contributed by atoms with Gasteiger partial charge in [-0.15, -0.1) is 0 Å². The standard InChI is InChI=1S/C22H21N3O3S.CH4O3S/c1-14-8-10-17-20(12-14)23-18-7-5-4-6-16(18)22(17)24-19-11-9-15(13-21(19)28-2)25-29(3,26)27;1-5(2,3)4/h4-13,25H,1-3H3,(H,23,24);1H3,(H,2,3,4). The minimum absolute atomic E-state index is 0.440. The van der Waals surface area contributed by atoms with Crippen molar-refractivity contribution in [3.8, 4) is 5.75 Å². The third-order valence-electron chi connectivity index (χ3n) is 4.60. The molecule has 3 N–H and O–H groups in total. The number of hydrogen-bond acceptors (Lipinski definition) is 7. The second-order valence-electron chi connectivity index (χ2n) is 7.67. The number of fused-ring (bicyclic) bond motifs is 2. The molecule has 0 bridgehead atoms. The maximum absolute atomic E-state index is 11.5. The Bertz CT molecular complexity index is 1560. The fraction of sp³-hybridized carbons (Fsp3) is 0.174. The molecule has 1 heterocycles. The highest BCUT2D eigenvalue weighted by molar-refractivity contribution is 7.92. The maximum Gasteiger partial charge on any atom is 0.261 e. The maximum atomic E-state index is 11.5. The van der Waals surface area contributed by atoms with Crippen molar-refractivity contribution < 1.29 is 26.1 Å². The van der Waals surface area contributed by atoms with Crippen molar-refractivity contribution in [3.63, 3.8) is 0 Å². The molecule has 0 fully saturated rings. The van der Waals surface area contributed by atoms with E-state index in [4.69, 9.17) is 14.3 Å². The summed E-state index contributed by atoms with van der Waals surface area (Å²) in [5.41, 5.74) is 5.02. The fourth-order valence-electron chi connectivity index (χ4n) is 3.34. The normalized spacial score (nSPS) is 11.6. The van der Waals surface area contributed by atoms with Gasteiger partial charge in [-0.3, -0.25) is 9.27 Å². The van der Waals surface area contributed by atoms with Crippen LogP contribution in [0.2, 0.25) is 0 Å². The third kappa shape index (κ3) is 6.80. The number of sulfonamides is 1. The number of nitrogens with zero attached hydrogens (tertiary/aromatic N) is 1. The van der Waals surface area contributed by atoms with Gasteiger partial charge in [-0.2, -0.15) is 8.42 Å². The number of benzene rings is 3. The van der Waals surface area contributed by atoms with Crippen molar-refractivity contribution in [2.75, 3.05) is 29.7 Å². The lowest BCUT2D eigenvalue weighted by Crippen LogP contribution is -2.09. The number of pyridine rings is 1. The Morgan fingerprint density at radius 3 is 2.18 bits per heavy atom. The lowest BCUT2D eigenvalue weighted by atomic mass is 10.1. The topological polar surface area (TPSA) is 135 Å². The average Bonchev–Trinajstić information content (AvgIpc) is 2.72. The van der Waals surface area contributed by atoms with E-state index in [1.54, 1.807) is 25.3 Å². The lowest BCUT2D eigenvalue weighted by Gasteiger charge is -2.17. The second kappa shape index (κ2) is 9.84. The molecule has 4 rings (SSSR count). The van der Waals surface area contributed by atoms with Gasteiger partial charge in [0.05, 0.1) is 47.7 Å². The first-order valence-corrected chi connectivity index (χ1v) is 13.7. The molecule has 3 aromatic carbocycles. The summed E-state index contributed by atoms with van der Waals surface area (Å²) in [6.45, 7) is 2.04. The van der Waals surface area contributed by atoms with E-state index in [1.165, 1.54) is 0 Å². The predicted octanol–water partition coefficient (Wildman–Crippen LogP) is 4.32. The number of para-hydroxylation sites is 1. The molecule has 0 amide bonds. The Labute approximate surface area is 198 Å². The van der Waals surface area contributed by atoms with Crippen molar-refractivity contribution in [1.29, 1.82) is 0 Å². The zero-order valence-corrected chi connectivity index (χ0v) is 20.7. The first-order chi connectivity index (χ1) is 15.8. The summed E-state index contributed by atoms with van der Waals surface area (Å²) < 4.78 is 56.9. The molecular formula is C23H25N3O6S2. The van der Waals surface area contributed by atoms with Crippen LogP contribution in [0.15, 0.2) is 60.7 Å². The number of nitrogens with one attached hydrogen (secondary N) is 2. The van der Waals surface area contributed by atoms with Gasteiger partial charge in [0.2, 0.25) is 10.0 Å². The van der Waals surface area contributed by atoms with E-state index in [1.807, 2.05) is 31.2 Å². The highest BCUT2D eigenvalue weighted by atomic mass is 32.2. The highest BCUT2D eigenvalue weighted by Gasteiger charge is 2.13. The summed E-state index contributed by atoms with van der Waals surface area (Å²) in [7, 11) is -5.48. The van der Waals surface area contributed by atoms with Gasteiger partial charge in [-0.25, -0.2) is 13.4 Å². The van der Waals surface area contributed by atoms with Crippen molar-refractivity contribution in [2.24, 2.45) is 0 Å². The molecule has 0 aliphatic rings. The number of hydrogen-bond donors (Lipinski definition) is 3. The Balaban J connectivity index is 0.000000588. The van der Waals surface area contributed by atoms with Crippen molar-refractivity contribution in [3.05, 3.63) is 66.2 Å². The average molecular weight is 504 g/mol. The molecule has 1 aromatic heterocycles. The Hall–Kier alpha value is -3.41. The molecule has 4 aromatic rings. The van der Waals surface area contributed by atoms with Crippen LogP contribution in [-0.2, 0) is 20.1 Å². The molecule has 9 nitrogen and oxygen atoms in total. The van der Waals surface area contributed by atoms with E-state index in [0.717, 1.165) is 45.0 Å². The quantitative estimate of drug-likeness (QED) is 0.271. The zero-order chi connectivity index (χ0) is 25.1. The number of aromatic nitrogens is 1. The summed E-state index contributed by atoms with van der Waals surface area (Å²) in [5.74, 6) is 0.528. The summed E-state index contributed by atoms with van der Waals surface area (Å²) in [4.78, 5) is 4.79. The third-order valence-corrected chi connectivity index (χ3v) is 5.21. The smallest absolute Gasteiger partial charge is 0.261 e. The van der Waals surface area contributed by atoms with E-state index in [9.17, 15) is 16.8 Å². The van der Waals surface area contributed by atoms with Crippen LogP contribution in [0.4, 0.5) is 17.1 Å². The number of rotatable bonds is 5. The van der Waals surface area contributed by atoms with E-state index in [2.05, 4.69) is 28.2 Å². The number of aryl methyl sites for hydroxylation is 1. The first kappa shape index (κ1) is 25.2. The van der Waals surface area contributed by atoms with Gasteiger partial charge in [0.25, 0.3) is 10.1 Å². The monoisotopic (exact) mass is 503 g/mol. The van der Waals surface area contributed by atoms with Crippen molar-refractivity contribution >= 4 is 59.0 Å². The molecule has 0 unspecified atom stereocenters. The van der Waals surface area contributed by atoms with Crippen molar-refractivity contribution in [2.45, 2.75) is 6.92 Å². The summed E-state index contributed by atoms with van der Waals surface area (Å²) in [6, 6.07) is 19.3. The van der Waals surface area contributed by atoms with Crippen LogP contribution >= 0.6 is 0 Å². The summed E-state index contributed by atoms with van der Waals surface area (Å²) >= 11 is 0. The van der Waals surface area contributed by atoms with Crippen molar-refractivity contribution in [1.82, 2.24) is 4.98 Å². The first-order valence-electron chi connectivity index (χ1n) is 9.98. The summed E-state index contributed by atoms with van der Waals surface area (Å²) in [6.07, 6.45) is 1.83. The minimum atomic E-state index is -3.67. The largest absolute Gasteiger partial charge is 0.494 e. The van der Waals surface area contributed by atoms with Crippen LogP contribution in [0.25, 0.3) is 21.8 Å². The van der Waals surface area contributed by atoms with Crippen LogP contribution in [0.1, 0.15) is 5.56 Å². The van der Waals surface area contributed by atoms with Gasteiger partial charge < -0.3 is 10.1 Å². The van der Waals surface area contributed by atoms with Gasteiger partial charge in [-0.05, 0) is 36.8 Å². The number of methoxy groups -OCH3 is 1. The van der Waals surface area contributed by atoms with E-state index in [0.29, 0.717) is 17.7 Å². The molecule has 0 atom stereocenters. The molecule has 34 heavy (non-hydrogen) atoms. The predicted molar refractivity (Wildman–Crippen MR) is 136 cm³/mol. The van der Waals surface area contributed by atoms with Crippen LogP contribution < -0.4 is 14.8 Å². The molecule has 0 radical (unpaired) electrons. The molecule has 0 saturated carbocycles. The summed E-state index contributed by atoms with van der Waals surface area (Å²) in [5, 5.41) is 5.46. The van der Waals surface area contributed by atoms with Crippen LogP contribution in [0, 0.1) is 6.92 Å². The number of ether oxygens (including phenoxy) is 1. The number of anilines is 3. The van der Waals surface area contributed by atoms with Crippen LogP contribution in [0.3, 0.4) is 0 Å². The molecular weight excluding hydrogens is 478 g/mol. The molecule has 180 valence electrons. The lowest BCUT2D eigenvalue weighted by molar-refractivity contribution is 0.417. The molecule has 0 aliphatic heterocycles. The molecule has 11 heteroatoms. The van der Waals surface area contributed by atoms with E-state index in [-0.39, 0.29) is 0 Å². The molecule has 0 saturated heterocycles. The second-order valence-corrected chi connectivity index (χ2v) is 10.9. The van der Waals surface area contributed by atoms with E-state index >= 15 is 0 Å².